The van der Waals surface area contributed by atoms with Gasteiger partial charge in [0.15, 0.2) is 0 Å². The van der Waals surface area contributed by atoms with Crippen molar-refractivity contribution in [3.8, 4) is 0 Å². The van der Waals surface area contributed by atoms with Gasteiger partial charge >= 0.3 is 0 Å². The number of rotatable bonds is 10. The van der Waals surface area contributed by atoms with Crippen molar-refractivity contribution in [2.75, 3.05) is 133 Å². The van der Waals surface area contributed by atoms with Crippen LogP contribution < -0.4 is 0 Å². The van der Waals surface area contributed by atoms with E-state index in [1.54, 1.807) is 7.11 Å². The highest BCUT2D eigenvalue weighted by Gasteiger charge is 2.33. The Morgan fingerprint density at radius 1 is 0.700 bits per heavy atom. The summed E-state index contributed by atoms with van der Waals surface area (Å²) in [5.74, 6) is 0. The van der Waals surface area contributed by atoms with Crippen molar-refractivity contribution in [2.45, 2.75) is 12.1 Å². The second-order valence-electron chi connectivity index (χ2n) is 9.40. The lowest BCUT2D eigenvalue weighted by atomic mass is 10.0. The topological polar surface area (TPSA) is 37.9 Å². The molecule has 0 aromatic heterocycles. The van der Waals surface area contributed by atoms with Crippen molar-refractivity contribution in [3.05, 3.63) is 0 Å². The van der Waals surface area contributed by atoms with Gasteiger partial charge < -0.3 is 14.4 Å². The van der Waals surface area contributed by atoms with Crippen molar-refractivity contribution < 1.29 is 9.47 Å². The van der Waals surface area contributed by atoms with Crippen LogP contribution in [-0.4, -0.2) is 175 Å². The van der Waals surface area contributed by atoms with Crippen LogP contribution in [0.4, 0.5) is 0 Å². The quantitative estimate of drug-likeness (QED) is 0.446. The maximum absolute atomic E-state index is 6.05. The lowest BCUT2D eigenvalue weighted by Gasteiger charge is -2.45. The maximum atomic E-state index is 6.05. The highest BCUT2D eigenvalue weighted by atomic mass is 16.5. The zero-order chi connectivity index (χ0) is 21.3. The molecule has 2 unspecified atom stereocenters. The van der Waals surface area contributed by atoms with Gasteiger partial charge in [0.05, 0.1) is 12.7 Å². The van der Waals surface area contributed by atoms with Gasteiger partial charge in [-0.05, 0) is 14.1 Å². The van der Waals surface area contributed by atoms with Crippen molar-refractivity contribution in [3.63, 3.8) is 0 Å². The summed E-state index contributed by atoms with van der Waals surface area (Å²) >= 11 is 0. The smallest absolute Gasteiger partial charge is 0.0865 e. The molecule has 3 saturated heterocycles. The van der Waals surface area contributed by atoms with E-state index in [0.717, 1.165) is 59.0 Å². The first-order valence-electron chi connectivity index (χ1n) is 11.9. The Morgan fingerprint density at radius 2 is 1.27 bits per heavy atom. The number of ether oxygens (including phenoxy) is 2. The Labute approximate surface area is 184 Å². The Balaban J connectivity index is 1.42. The normalized spacial score (nSPS) is 28.2. The summed E-state index contributed by atoms with van der Waals surface area (Å²) in [5.41, 5.74) is 0. The second-order valence-corrected chi connectivity index (χ2v) is 9.40. The molecule has 3 aliphatic rings. The monoisotopic (exact) mass is 426 g/mol. The molecule has 0 aliphatic carbocycles. The predicted molar refractivity (Wildman–Crippen MR) is 122 cm³/mol. The molecule has 8 heteroatoms. The summed E-state index contributed by atoms with van der Waals surface area (Å²) in [6.07, 6.45) is 0.270. The molecule has 0 amide bonds. The average Bonchev–Trinajstić information content (AvgIpc) is 2.77. The number of hydrogen-bond donors (Lipinski definition) is 0. The molecule has 3 fully saturated rings. The molecule has 8 nitrogen and oxygen atoms in total. The Morgan fingerprint density at radius 3 is 1.93 bits per heavy atom. The van der Waals surface area contributed by atoms with E-state index >= 15 is 0 Å². The molecule has 3 rings (SSSR count). The van der Waals surface area contributed by atoms with Crippen LogP contribution in [0.5, 0.6) is 0 Å². The molecule has 0 bridgehead atoms. The van der Waals surface area contributed by atoms with Crippen LogP contribution in [0.3, 0.4) is 0 Å². The predicted octanol–water partition coefficient (Wildman–Crippen LogP) is -0.871. The molecule has 2 atom stereocenters. The van der Waals surface area contributed by atoms with Crippen LogP contribution >= 0.6 is 0 Å². The zero-order valence-electron chi connectivity index (χ0n) is 20.0. The lowest BCUT2D eigenvalue weighted by Crippen LogP contribution is -2.60. The highest BCUT2D eigenvalue weighted by molar-refractivity contribution is 4.89. The minimum atomic E-state index is 0.270. The van der Waals surface area contributed by atoms with Crippen LogP contribution in [0, 0.1) is 0 Å². The minimum absolute atomic E-state index is 0.270. The fraction of sp³-hybridized carbons (Fsp3) is 1.00. The summed E-state index contributed by atoms with van der Waals surface area (Å²) in [7, 11) is 8.19. The number of piperazine rings is 3. The Bertz CT molecular complexity index is 469. The molecule has 0 spiro atoms. The van der Waals surface area contributed by atoms with Crippen molar-refractivity contribution in [2.24, 2.45) is 0 Å². The van der Waals surface area contributed by atoms with E-state index in [9.17, 15) is 0 Å². The van der Waals surface area contributed by atoms with E-state index in [2.05, 4.69) is 43.5 Å². The maximum Gasteiger partial charge on any atom is 0.0865 e. The van der Waals surface area contributed by atoms with E-state index in [0.29, 0.717) is 6.04 Å². The molecule has 30 heavy (non-hydrogen) atoms. The molecule has 176 valence electrons. The highest BCUT2D eigenvalue weighted by Crippen LogP contribution is 2.16. The van der Waals surface area contributed by atoms with Crippen LogP contribution in [0.1, 0.15) is 0 Å². The fourth-order valence-electron chi connectivity index (χ4n) is 4.94. The SMILES string of the molecule is COCCN1CCN(CC(OC)C2CN(CCN3CCN(C)CC3)CCN2C)CC1. The number of nitrogens with zero attached hydrogens (tertiary/aromatic N) is 6. The van der Waals surface area contributed by atoms with Gasteiger partial charge in [0.2, 0.25) is 0 Å². The van der Waals surface area contributed by atoms with Crippen LogP contribution in [0.25, 0.3) is 0 Å². The Hall–Kier alpha value is -0.320. The van der Waals surface area contributed by atoms with Gasteiger partial charge in [0.1, 0.15) is 0 Å². The van der Waals surface area contributed by atoms with Crippen LogP contribution in [0.15, 0.2) is 0 Å². The fourth-order valence-corrected chi connectivity index (χ4v) is 4.94. The third-order valence-electron chi connectivity index (χ3n) is 7.36. The van der Waals surface area contributed by atoms with Gasteiger partial charge in [-0.2, -0.15) is 0 Å². The molecule has 0 N–H and O–H groups in total. The van der Waals surface area contributed by atoms with Gasteiger partial charge in [-0.3, -0.25) is 24.5 Å². The van der Waals surface area contributed by atoms with E-state index in [-0.39, 0.29) is 6.10 Å². The Kier molecular flexibility index (Phi) is 10.3. The molecule has 3 aliphatic heterocycles. The molecule has 0 radical (unpaired) electrons. The van der Waals surface area contributed by atoms with Gasteiger partial charge in [-0.1, -0.05) is 0 Å². The van der Waals surface area contributed by atoms with Crippen molar-refractivity contribution in [1.82, 2.24) is 29.4 Å². The average molecular weight is 427 g/mol. The standard InChI is InChI=1S/C22H46N6O2/c1-23-5-8-25(9-6-23)11-14-27-10-7-24(2)21(19-27)22(30-4)20-28-15-12-26(13-16-28)17-18-29-3/h21-22H,5-20H2,1-4H3. The summed E-state index contributed by atoms with van der Waals surface area (Å²) in [6.45, 7) is 18.1. The minimum Gasteiger partial charge on any atom is -0.383 e. The molecule has 3 heterocycles. The molecule has 0 aromatic rings. The first-order chi connectivity index (χ1) is 14.6. The van der Waals surface area contributed by atoms with E-state index in [4.69, 9.17) is 9.47 Å². The van der Waals surface area contributed by atoms with Crippen LogP contribution in [0.2, 0.25) is 0 Å². The third kappa shape index (κ3) is 7.38. The summed E-state index contributed by atoms with van der Waals surface area (Å²) in [6, 6.07) is 0.475. The largest absolute Gasteiger partial charge is 0.383 e. The number of hydrogen-bond acceptors (Lipinski definition) is 8. The van der Waals surface area contributed by atoms with Crippen LogP contribution in [-0.2, 0) is 9.47 Å². The van der Waals surface area contributed by atoms with Crippen molar-refractivity contribution in [1.29, 1.82) is 0 Å². The summed E-state index contributed by atoms with van der Waals surface area (Å²) in [5, 5.41) is 0. The first kappa shape index (κ1) is 24.3. The van der Waals surface area contributed by atoms with E-state index < -0.39 is 0 Å². The molecule has 0 aromatic carbocycles. The van der Waals surface area contributed by atoms with Crippen molar-refractivity contribution >= 4 is 0 Å². The number of likely N-dealkylation sites (N-methyl/N-ethyl adjacent to an activating group) is 2. The first-order valence-corrected chi connectivity index (χ1v) is 11.9. The van der Waals surface area contributed by atoms with Gasteiger partial charge in [0.25, 0.3) is 0 Å². The van der Waals surface area contributed by atoms with E-state index in [1.807, 2.05) is 7.11 Å². The van der Waals surface area contributed by atoms with E-state index in [1.165, 1.54) is 45.8 Å². The second kappa shape index (κ2) is 12.6. The molecular weight excluding hydrogens is 380 g/mol. The molecular formula is C22H46N6O2. The number of methoxy groups -OCH3 is 2. The van der Waals surface area contributed by atoms with Gasteiger partial charge in [0, 0.05) is 118 Å². The zero-order valence-corrected chi connectivity index (χ0v) is 20.0. The lowest BCUT2D eigenvalue weighted by molar-refractivity contribution is -0.0393. The summed E-state index contributed by atoms with van der Waals surface area (Å²) < 4.78 is 11.3. The van der Waals surface area contributed by atoms with Gasteiger partial charge in [-0.25, -0.2) is 0 Å². The molecule has 0 saturated carbocycles. The third-order valence-corrected chi connectivity index (χ3v) is 7.36. The van der Waals surface area contributed by atoms with Gasteiger partial charge in [-0.15, -0.1) is 0 Å². The summed E-state index contributed by atoms with van der Waals surface area (Å²) in [4.78, 5) is 15.4.